The van der Waals surface area contributed by atoms with Gasteiger partial charge < -0.3 is 0 Å². The highest BCUT2D eigenvalue weighted by Gasteiger charge is 1.58. The molecule has 0 saturated heterocycles. The molecule has 0 N–H and O–H groups in total. The van der Waals surface area contributed by atoms with Crippen molar-refractivity contribution < 1.29 is 0 Å². The van der Waals surface area contributed by atoms with Crippen molar-refractivity contribution in [2.24, 2.45) is 0 Å². The summed E-state index contributed by atoms with van der Waals surface area (Å²) in [4.78, 5) is 0. The average Bonchev–Trinajstić information content (AvgIpc) is 1.76. The molecule has 8 heavy (non-hydrogen) atoms. The third-order valence-corrected chi connectivity index (χ3v) is 1.05. The first-order valence-electron chi connectivity index (χ1n) is 1.47. The van der Waals surface area contributed by atoms with Crippen molar-refractivity contribution in [1.82, 2.24) is 0 Å². The lowest BCUT2D eigenvalue weighted by Gasteiger charge is -1.39. The molecule has 0 atom stereocenters. The summed E-state index contributed by atoms with van der Waals surface area (Å²) in [6.45, 7) is 0. The minimum absolute atomic E-state index is 0. The molecular formula is C6H12BS. The van der Waals surface area contributed by atoms with Crippen LogP contribution in [0.25, 0.3) is 0 Å². The van der Waals surface area contributed by atoms with Crippen LogP contribution in [0.15, 0.2) is 22.9 Å². The summed E-state index contributed by atoms with van der Waals surface area (Å²) < 4.78 is 0. The van der Waals surface area contributed by atoms with Crippen LogP contribution in [0.4, 0.5) is 0 Å². The molecule has 0 aliphatic rings. The van der Waals surface area contributed by atoms with Crippen molar-refractivity contribution in [3.63, 3.8) is 0 Å². The molecule has 0 aliphatic carbocycles. The zero-order valence-corrected chi connectivity index (χ0v) is 4.11. The van der Waals surface area contributed by atoms with Gasteiger partial charge in [-0.05, 0) is 10.8 Å². The molecule has 0 unspecified atom stereocenters. The van der Waals surface area contributed by atoms with E-state index < -0.39 is 0 Å². The van der Waals surface area contributed by atoms with Gasteiger partial charge in [-0.3, -0.25) is 0 Å². The van der Waals surface area contributed by atoms with E-state index in [9.17, 15) is 0 Å². The van der Waals surface area contributed by atoms with Crippen LogP contribution in [0.1, 0.15) is 14.9 Å². The second kappa shape index (κ2) is 9.90. The molecule has 0 bridgehead atoms. The zero-order valence-electron chi connectivity index (χ0n) is 3.29. The predicted octanol–water partition coefficient (Wildman–Crippen LogP) is 2.64. The van der Waals surface area contributed by atoms with Gasteiger partial charge in [-0.2, -0.15) is 11.3 Å². The summed E-state index contributed by atoms with van der Waals surface area (Å²) in [5, 5.41) is 4.08. The minimum atomic E-state index is 0. The first-order valence-corrected chi connectivity index (χ1v) is 2.41. The molecule has 0 aromatic carbocycles. The van der Waals surface area contributed by atoms with Crippen molar-refractivity contribution >= 4 is 19.7 Å². The number of hydrogen-bond acceptors (Lipinski definition) is 1. The van der Waals surface area contributed by atoms with Crippen LogP contribution in [-0.4, -0.2) is 8.41 Å². The third-order valence-electron chi connectivity index (χ3n) is 0.425. The highest BCUT2D eigenvalue weighted by atomic mass is 32.1. The molecule has 0 fully saturated rings. The largest absolute Gasteiger partial charge is 0.152 e. The normalized spacial score (nSPS) is 5.00. The van der Waals surface area contributed by atoms with E-state index in [0.717, 1.165) is 0 Å². The fourth-order valence-electron chi connectivity index (χ4n) is 0.227. The van der Waals surface area contributed by atoms with Gasteiger partial charge >= 0.3 is 0 Å². The molecule has 1 aromatic rings. The van der Waals surface area contributed by atoms with E-state index in [1.54, 1.807) is 11.3 Å². The number of hydrogen-bond donors (Lipinski definition) is 0. The van der Waals surface area contributed by atoms with Crippen molar-refractivity contribution in [1.29, 1.82) is 0 Å². The van der Waals surface area contributed by atoms with Gasteiger partial charge in [0.15, 0.2) is 0 Å². The van der Waals surface area contributed by atoms with E-state index >= 15 is 0 Å². The second-order valence-electron chi connectivity index (χ2n) is 0.793. The average molecular weight is 127 g/mol. The Hall–Kier alpha value is -0.235. The monoisotopic (exact) mass is 127 g/mol. The SMILES string of the molecule is C.C.[B].c1ccsc1. The molecule has 1 rings (SSSR count). The molecule has 0 spiro atoms. The van der Waals surface area contributed by atoms with Gasteiger partial charge in [-0.1, -0.05) is 27.0 Å². The summed E-state index contributed by atoms with van der Waals surface area (Å²) in [6, 6.07) is 4.04. The highest BCUT2D eigenvalue weighted by Crippen LogP contribution is 1.91. The Balaban J connectivity index is -0.0000000833. The van der Waals surface area contributed by atoms with Crippen molar-refractivity contribution in [2.75, 3.05) is 0 Å². The van der Waals surface area contributed by atoms with E-state index in [1.807, 2.05) is 22.9 Å². The Bertz CT molecular complexity index is 65.0. The molecular weight excluding hydrogens is 115 g/mol. The summed E-state index contributed by atoms with van der Waals surface area (Å²) in [6.07, 6.45) is 0. The van der Waals surface area contributed by atoms with Crippen LogP contribution < -0.4 is 0 Å². The molecule has 1 aromatic heterocycles. The van der Waals surface area contributed by atoms with E-state index in [0.29, 0.717) is 0 Å². The van der Waals surface area contributed by atoms with Gasteiger partial charge in [0.05, 0.1) is 0 Å². The van der Waals surface area contributed by atoms with Gasteiger partial charge in [0.1, 0.15) is 0 Å². The van der Waals surface area contributed by atoms with E-state index in [2.05, 4.69) is 0 Å². The van der Waals surface area contributed by atoms with Crippen molar-refractivity contribution in [3.05, 3.63) is 22.9 Å². The smallest absolute Gasteiger partial charge is 0 e. The quantitative estimate of drug-likeness (QED) is 0.470. The molecule has 0 amide bonds. The summed E-state index contributed by atoms with van der Waals surface area (Å²) in [7, 11) is 0. The maximum atomic E-state index is 2.04. The molecule has 45 valence electrons. The molecule has 0 saturated carbocycles. The van der Waals surface area contributed by atoms with Gasteiger partial charge in [0, 0.05) is 8.41 Å². The van der Waals surface area contributed by atoms with Crippen molar-refractivity contribution in [2.45, 2.75) is 14.9 Å². The fraction of sp³-hybridized carbons (Fsp3) is 0.333. The highest BCUT2D eigenvalue weighted by molar-refractivity contribution is 7.07. The van der Waals surface area contributed by atoms with Crippen LogP contribution in [0.5, 0.6) is 0 Å². The summed E-state index contributed by atoms with van der Waals surface area (Å²) >= 11 is 1.71. The fourth-order valence-corrected chi connectivity index (χ4v) is 0.680. The lowest BCUT2D eigenvalue weighted by Crippen LogP contribution is -1.16. The van der Waals surface area contributed by atoms with Crippen LogP contribution in [-0.2, 0) is 0 Å². The van der Waals surface area contributed by atoms with Gasteiger partial charge in [-0.15, -0.1) is 0 Å². The second-order valence-corrected chi connectivity index (χ2v) is 1.61. The maximum absolute atomic E-state index is 2.04. The standard InChI is InChI=1S/C4H4S.2CH4.B/c1-2-4-5-3-1;;;/h1-4H;2*1H4;. The Labute approximate surface area is 58.1 Å². The summed E-state index contributed by atoms with van der Waals surface area (Å²) in [5.74, 6) is 0. The molecule has 3 radical (unpaired) electrons. The predicted molar refractivity (Wildman–Crippen MR) is 43.5 cm³/mol. The zero-order chi connectivity index (χ0) is 3.54. The first-order chi connectivity index (χ1) is 2.50. The number of rotatable bonds is 0. The van der Waals surface area contributed by atoms with Crippen LogP contribution in [0.2, 0.25) is 0 Å². The Morgan fingerprint density at radius 2 is 1.25 bits per heavy atom. The maximum Gasteiger partial charge on any atom is 0 e. The lowest BCUT2D eigenvalue weighted by molar-refractivity contribution is 2.03. The van der Waals surface area contributed by atoms with Crippen molar-refractivity contribution in [3.8, 4) is 0 Å². The lowest BCUT2D eigenvalue weighted by atomic mass is 10.7. The first kappa shape index (κ1) is 15.7. The topological polar surface area (TPSA) is 0 Å². The van der Waals surface area contributed by atoms with Gasteiger partial charge in [0.25, 0.3) is 0 Å². The molecule has 0 nitrogen and oxygen atoms in total. The minimum Gasteiger partial charge on any atom is -0.152 e. The van der Waals surface area contributed by atoms with E-state index in [-0.39, 0.29) is 23.3 Å². The Morgan fingerprint density at radius 3 is 1.38 bits per heavy atom. The third kappa shape index (κ3) is 5.76. The Kier molecular flexibility index (Phi) is 19.4. The van der Waals surface area contributed by atoms with E-state index in [4.69, 9.17) is 0 Å². The number of thiophene rings is 1. The van der Waals surface area contributed by atoms with Crippen LogP contribution >= 0.6 is 11.3 Å². The summed E-state index contributed by atoms with van der Waals surface area (Å²) in [5.41, 5.74) is 0. The van der Waals surface area contributed by atoms with Gasteiger partial charge in [0.2, 0.25) is 0 Å². The van der Waals surface area contributed by atoms with Gasteiger partial charge in [-0.25, -0.2) is 0 Å². The molecule has 0 aliphatic heterocycles. The molecule has 2 heteroatoms. The van der Waals surface area contributed by atoms with Crippen LogP contribution in [0, 0.1) is 0 Å². The van der Waals surface area contributed by atoms with Crippen LogP contribution in [0.3, 0.4) is 0 Å². The van der Waals surface area contributed by atoms with E-state index in [1.165, 1.54) is 0 Å². The molecule has 1 heterocycles. The Morgan fingerprint density at radius 1 is 0.875 bits per heavy atom.